The second-order valence-corrected chi connectivity index (χ2v) is 12.1. The molecule has 7 nitrogen and oxygen atoms in total. The summed E-state index contributed by atoms with van der Waals surface area (Å²) in [6.45, 7) is 1.89. The number of aliphatic hydroxyl groups is 1. The van der Waals surface area contributed by atoms with E-state index in [0.717, 1.165) is 43.0 Å². The Bertz CT molecular complexity index is 1370. The average molecular weight is 535 g/mol. The van der Waals surface area contributed by atoms with Crippen molar-refractivity contribution in [1.82, 2.24) is 9.80 Å². The molecule has 0 radical (unpaired) electrons. The predicted octanol–water partition coefficient (Wildman–Crippen LogP) is 3.64. The third kappa shape index (κ3) is 3.50. The van der Waals surface area contributed by atoms with Gasteiger partial charge in [-0.1, -0.05) is 12.1 Å². The summed E-state index contributed by atoms with van der Waals surface area (Å²) in [7, 11) is 3.18. The van der Waals surface area contributed by atoms with Crippen molar-refractivity contribution in [3.05, 3.63) is 58.9 Å². The van der Waals surface area contributed by atoms with Gasteiger partial charge >= 0.3 is 0 Å². The highest BCUT2D eigenvalue weighted by molar-refractivity contribution is 5.92. The van der Waals surface area contributed by atoms with Crippen molar-refractivity contribution in [3.8, 4) is 17.2 Å². The standard InChI is InChI=1S/C31H35FN2O5/c1-33(26(36)10-6-18-5-8-21(32)24(15-18)38-2)22-11-12-31(37)25-16-20-7-9-23(35)28-27(20)30(31,29(22)39-28)13-14-34(25)17-19-3-4-19/h5-10,15,19,22,25,29,35,37H,3-4,11-14,16-17H2,1-2H3/b10-6+/t22?,25-,29?,30+,31-/m1/s1. The number of hydrogen-bond donors (Lipinski definition) is 2. The summed E-state index contributed by atoms with van der Waals surface area (Å²) >= 11 is 0. The molecule has 2 heterocycles. The first-order chi connectivity index (χ1) is 18.8. The fourth-order valence-electron chi connectivity index (χ4n) is 8.08. The lowest BCUT2D eigenvalue weighted by Gasteiger charge is -2.64. The highest BCUT2D eigenvalue weighted by atomic mass is 19.1. The van der Waals surface area contributed by atoms with Crippen LogP contribution in [0.25, 0.3) is 6.08 Å². The normalized spacial score (nSPS) is 32.6. The summed E-state index contributed by atoms with van der Waals surface area (Å²) in [5.41, 5.74) is 1.09. The first kappa shape index (κ1) is 24.9. The van der Waals surface area contributed by atoms with Gasteiger partial charge in [0.2, 0.25) is 5.91 Å². The molecule has 206 valence electrons. The number of halogens is 1. The monoisotopic (exact) mass is 534 g/mol. The van der Waals surface area contributed by atoms with Gasteiger partial charge in [0.25, 0.3) is 0 Å². The predicted molar refractivity (Wildman–Crippen MR) is 143 cm³/mol. The van der Waals surface area contributed by atoms with Crippen LogP contribution in [0.4, 0.5) is 4.39 Å². The van der Waals surface area contributed by atoms with Crippen LogP contribution in [0, 0.1) is 11.7 Å². The molecule has 39 heavy (non-hydrogen) atoms. The van der Waals surface area contributed by atoms with E-state index in [4.69, 9.17) is 9.47 Å². The van der Waals surface area contributed by atoms with Crippen LogP contribution < -0.4 is 9.47 Å². The topological polar surface area (TPSA) is 82.5 Å². The first-order valence-electron chi connectivity index (χ1n) is 14.0. The van der Waals surface area contributed by atoms with Crippen molar-refractivity contribution >= 4 is 12.0 Å². The number of piperidine rings is 1. The lowest BCUT2D eigenvalue weighted by atomic mass is 9.48. The molecular weight excluding hydrogens is 499 g/mol. The smallest absolute Gasteiger partial charge is 0.246 e. The molecule has 1 saturated heterocycles. The third-order valence-electron chi connectivity index (χ3n) is 10.2. The Hall–Kier alpha value is -3.10. The van der Waals surface area contributed by atoms with Crippen molar-refractivity contribution < 1.29 is 28.9 Å². The Labute approximate surface area is 227 Å². The van der Waals surface area contributed by atoms with Crippen LogP contribution in [-0.2, 0) is 16.6 Å². The van der Waals surface area contributed by atoms with Crippen LogP contribution in [0.3, 0.4) is 0 Å². The summed E-state index contributed by atoms with van der Waals surface area (Å²) in [5.74, 6) is 0.761. The number of amides is 1. The minimum atomic E-state index is -0.988. The van der Waals surface area contributed by atoms with Gasteiger partial charge in [-0.3, -0.25) is 9.69 Å². The fraction of sp³-hybridized carbons (Fsp3) is 0.516. The zero-order chi connectivity index (χ0) is 27.1. The maximum Gasteiger partial charge on any atom is 0.246 e. The van der Waals surface area contributed by atoms with E-state index < -0.39 is 22.9 Å². The number of ether oxygens (including phenoxy) is 2. The molecule has 8 heteroatoms. The second-order valence-electron chi connectivity index (χ2n) is 12.1. The number of likely N-dealkylation sites (tertiary alicyclic amines) is 1. The zero-order valence-electron chi connectivity index (χ0n) is 22.4. The molecular formula is C31H35FN2O5. The van der Waals surface area contributed by atoms with Crippen LogP contribution >= 0.6 is 0 Å². The van der Waals surface area contributed by atoms with E-state index in [-0.39, 0.29) is 29.5 Å². The number of carbonyl (C=O) groups is 1. The van der Waals surface area contributed by atoms with Crippen molar-refractivity contribution in [1.29, 1.82) is 0 Å². The quantitative estimate of drug-likeness (QED) is 0.551. The SMILES string of the molecule is COc1cc(/C=C/C(=O)N(C)C2CC[C@@]3(O)[C@H]4Cc5ccc(O)c6c5[C@@]3(CCN4CC3CC3)C2O6)ccc1F. The van der Waals surface area contributed by atoms with E-state index >= 15 is 0 Å². The molecule has 1 spiro atoms. The van der Waals surface area contributed by atoms with E-state index in [1.54, 1.807) is 36.2 Å². The van der Waals surface area contributed by atoms with E-state index in [2.05, 4.69) is 4.90 Å². The van der Waals surface area contributed by atoms with Crippen LogP contribution in [0.2, 0.25) is 0 Å². The first-order valence-corrected chi connectivity index (χ1v) is 14.0. The molecule has 2 aliphatic heterocycles. The van der Waals surface area contributed by atoms with Crippen LogP contribution in [0.15, 0.2) is 36.4 Å². The Morgan fingerprint density at radius 1 is 1.26 bits per heavy atom. The van der Waals surface area contributed by atoms with Crippen LogP contribution in [0.1, 0.15) is 48.8 Å². The van der Waals surface area contributed by atoms with Gasteiger partial charge < -0.3 is 24.6 Å². The summed E-state index contributed by atoms with van der Waals surface area (Å²) in [6.07, 6.45) is 7.84. The number of methoxy groups -OCH3 is 1. The molecule has 2 unspecified atom stereocenters. The lowest BCUT2D eigenvalue weighted by Crippen LogP contribution is -2.78. The van der Waals surface area contributed by atoms with Crippen molar-refractivity contribution in [2.75, 3.05) is 27.2 Å². The number of benzene rings is 2. The number of nitrogens with zero attached hydrogens (tertiary/aromatic N) is 2. The Kier molecular flexibility index (Phi) is 5.56. The van der Waals surface area contributed by atoms with E-state index in [9.17, 15) is 19.4 Å². The van der Waals surface area contributed by atoms with E-state index in [1.165, 1.54) is 32.1 Å². The third-order valence-corrected chi connectivity index (χ3v) is 10.2. The Morgan fingerprint density at radius 3 is 2.85 bits per heavy atom. The van der Waals surface area contributed by atoms with Gasteiger partial charge in [0.15, 0.2) is 23.1 Å². The molecule has 2 N–H and O–H groups in total. The molecule has 3 aliphatic carbocycles. The molecule has 3 fully saturated rings. The number of rotatable bonds is 6. The minimum absolute atomic E-state index is 0.00347. The van der Waals surface area contributed by atoms with E-state index in [0.29, 0.717) is 24.2 Å². The highest BCUT2D eigenvalue weighted by Crippen LogP contribution is 2.66. The number of likely N-dealkylation sites (N-methyl/N-ethyl adjacent to an activating group) is 1. The van der Waals surface area contributed by atoms with Crippen molar-refractivity contribution in [2.45, 2.75) is 67.7 Å². The molecule has 2 bridgehead atoms. The van der Waals surface area contributed by atoms with Crippen LogP contribution in [0.5, 0.6) is 17.2 Å². The largest absolute Gasteiger partial charge is 0.504 e. The molecule has 5 aliphatic rings. The molecule has 2 aromatic carbocycles. The van der Waals surface area contributed by atoms with Gasteiger partial charge in [-0.05, 0) is 86.4 Å². The van der Waals surface area contributed by atoms with Crippen LogP contribution in [-0.4, -0.2) is 77.0 Å². The maximum atomic E-state index is 13.8. The molecule has 2 saturated carbocycles. The number of hydrogen-bond acceptors (Lipinski definition) is 6. The van der Waals surface area contributed by atoms with Gasteiger partial charge in [0, 0.05) is 31.3 Å². The molecule has 5 atom stereocenters. The molecule has 0 aromatic heterocycles. The summed E-state index contributed by atoms with van der Waals surface area (Å²) in [4.78, 5) is 17.6. The van der Waals surface area contributed by atoms with Gasteiger partial charge in [0.05, 0.1) is 24.2 Å². The summed E-state index contributed by atoms with van der Waals surface area (Å²) in [5, 5.41) is 23.4. The molecule has 7 rings (SSSR count). The number of carbonyl (C=O) groups excluding carboxylic acids is 1. The van der Waals surface area contributed by atoms with Gasteiger partial charge in [-0.25, -0.2) is 4.39 Å². The summed E-state index contributed by atoms with van der Waals surface area (Å²) < 4.78 is 25.5. The highest BCUT2D eigenvalue weighted by Gasteiger charge is 2.73. The Morgan fingerprint density at radius 2 is 2.08 bits per heavy atom. The number of aromatic hydroxyl groups is 1. The average Bonchev–Trinajstić information content (AvgIpc) is 3.67. The van der Waals surface area contributed by atoms with Crippen molar-refractivity contribution in [2.24, 2.45) is 5.92 Å². The molecule has 2 aromatic rings. The molecule has 1 amide bonds. The zero-order valence-corrected chi connectivity index (χ0v) is 22.4. The van der Waals surface area contributed by atoms with Gasteiger partial charge in [-0.15, -0.1) is 0 Å². The maximum absolute atomic E-state index is 13.8. The van der Waals surface area contributed by atoms with Gasteiger partial charge in [-0.2, -0.15) is 0 Å². The van der Waals surface area contributed by atoms with Crippen molar-refractivity contribution in [3.63, 3.8) is 0 Å². The van der Waals surface area contributed by atoms with Gasteiger partial charge in [0.1, 0.15) is 6.10 Å². The number of phenols is 1. The Balaban J connectivity index is 1.22. The fourth-order valence-corrected chi connectivity index (χ4v) is 8.08. The van der Waals surface area contributed by atoms with E-state index in [1.807, 2.05) is 6.07 Å². The number of phenolic OH excluding ortho intramolecular Hbond substituents is 1. The summed E-state index contributed by atoms with van der Waals surface area (Å²) in [6, 6.07) is 7.88. The lowest BCUT2D eigenvalue weighted by molar-refractivity contribution is -0.200. The minimum Gasteiger partial charge on any atom is -0.504 e. The second kappa shape index (κ2) is 8.70.